The third-order valence-electron chi connectivity index (χ3n) is 1.68. The smallest absolute Gasteiger partial charge is 0.326 e. The van der Waals surface area contributed by atoms with E-state index in [0.717, 1.165) is 0 Å². The van der Waals surface area contributed by atoms with Gasteiger partial charge in [-0.15, -0.1) is 0 Å². The Balaban J connectivity index is 2.67. The van der Waals surface area contributed by atoms with Crippen molar-refractivity contribution in [1.29, 1.82) is 0 Å². The Hall–Kier alpha value is -0.670. The Morgan fingerprint density at radius 3 is 2.50 bits per heavy atom. The van der Waals surface area contributed by atoms with Gasteiger partial charge >= 0.3 is 5.92 Å². The molecule has 0 aromatic heterocycles. The molecular weight excluding hydrogens is 140 g/mol. The van der Waals surface area contributed by atoms with Crippen molar-refractivity contribution in [2.75, 3.05) is 13.1 Å². The second-order valence-electron chi connectivity index (χ2n) is 2.34. The fourth-order valence-electron chi connectivity index (χ4n) is 1.02. The summed E-state index contributed by atoms with van der Waals surface area (Å²) in [6.45, 7) is 2.27. The van der Waals surface area contributed by atoms with E-state index < -0.39 is 11.8 Å². The van der Waals surface area contributed by atoms with Gasteiger partial charge in [0, 0.05) is 19.5 Å². The first-order valence-electron chi connectivity index (χ1n) is 3.25. The summed E-state index contributed by atoms with van der Waals surface area (Å²) in [6.07, 6.45) is -0.320. The molecule has 1 fully saturated rings. The van der Waals surface area contributed by atoms with Crippen LogP contribution in [-0.2, 0) is 4.79 Å². The van der Waals surface area contributed by atoms with Crippen LogP contribution in [0, 0.1) is 0 Å². The van der Waals surface area contributed by atoms with Crippen molar-refractivity contribution in [3.63, 3.8) is 0 Å². The van der Waals surface area contributed by atoms with Gasteiger partial charge < -0.3 is 4.90 Å². The van der Waals surface area contributed by atoms with E-state index in [-0.39, 0.29) is 13.0 Å². The standard InChI is InChI=1S/C6H9F2NO/c1-2-9-4-3-6(7,8)5(9)10/h2-4H2,1H3. The molecule has 1 saturated heterocycles. The van der Waals surface area contributed by atoms with Crippen LogP contribution in [0.5, 0.6) is 0 Å². The van der Waals surface area contributed by atoms with Gasteiger partial charge in [-0.2, -0.15) is 8.78 Å². The predicted octanol–water partition coefficient (Wildman–Crippen LogP) is 0.874. The van der Waals surface area contributed by atoms with E-state index in [0.29, 0.717) is 6.54 Å². The molecular formula is C6H9F2NO. The normalized spacial score (nSPS) is 23.9. The van der Waals surface area contributed by atoms with E-state index >= 15 is 0 Å². The number of carbonyl (C=O) groups is 1. The lowest BCUT2D eigenvalue weighted by Crippen LogP contribution is -2.32. The molecule has 1 heterocycles. The molecule has 1 amide bonds. The molecule has 0 spiro atoms. The van der Waals surface area contributed by atoms with Crippen LogP contribution in [0.1, 0.15) is 13.3 Å². The van der Waals surface area contributed by atoms with Gasteiger partial charge in [0.1, 0.15) is 0 Å². The highest BCUT2D eigenvalue weighted by Gasteiger charge is 2.47. The zero-order valence-corrected chi connectivity index (χ0v) is 5.73. The number of nitrogens with zero attached hydrogens (tertiary/aromatic N) is 1. The Labute approximate surface area is 57.8 Å². The number of hydrogen-bond acceptors (Lipinski definition) is 1. The summed E-state index contributed by atoms with van der Waals surface area (Å²) in [6, 6.07) is 0. The lowest BCUT2D eigenvalue weighted by Gasteiger charge is -2.11. The van der Waals surface area contributed by atoms with Crippen LogP contribution in [0.25, 0.3) is 0 Å². The molecule has 0 aliphatic carbocycles. The third-order valence-corrected chi connectivity index (χ3v) is 1.68. The molecule has 10 heavy (non-hydrogen) atoms. The summed E-state index contributed by atoms with van der Waals surface area (Å²) in [5.74, 6) is -4.11. The zero-order chi connectivity index (χ0) is 7.78. The van der Waals surface area contributed by atoms with Crippen LogP contribution in [0.15, 0.2) is 0 Å². The quantitative estimate of drug-likeness (QED) is 0.541. The van der Waals surface area contributed by atoms with E-state index in [9.17, 15) is 13.6 Å². The maximum Gasteiger partial charge on any atom is 0.326 e. The highest BCUT2D eigenvalue weighted by molar-refractivity contribution is 5.85. The molecule has 1 aliphatic rings. The maximum atomic E-state index is 12.4. The molecule has 1 aliphatic heterocycles. The van der Waals surface area contributed by atoms with E-state index in [2.05, 4.69) is 0 Å². The van der Waals surface area contributed by atoms with Gasteiger partial charge in [-0.3, -0.25) is 4.79 Å². The van der Waals surface area contributed by atoms with E-state index in [4.69, 9.17) is 0 Å². The van der Waals surface area contributed by atoms with Gasteiger partial charge in [-0.25, -0.2) is 0 Å². The van der Waals surface area contributed by atoms with Crippen LogP contribution in [0.3, 0.4) is 0 Å². The highest BCUT2D eigenvalue weighted by Crippen LogP contribution is 2.27. The second kappa shape index (κ2) is 2.18. The first-order valence-corrected chi connectivity index (χ1v) is 3.25. The van der Waals surface area contributed by atoms with Gasteiger partial charge in [0.25, 0.3) is 5.91 Å². The number of likely N-dealkylation sites (tertiary alicyclic amines) is 1. The van der Waals surface area contributed by atoms with E-state index in [1.165, 1.54) is 4.90 Å². The lowest BCUT2D eigenvalue weighted by atomic mass is 10.3. The Morgan fingerprint density at radius 1 is 1.70 bits per heavy atom. The van der Waals surface area contributed by atoms with Crippen molar-refractivity contribution in [3.8, 4) is 0 Å². The molecule has 0 bridgehead atoms. The summed E-state index contributed by atoms with van der Waals surface area (Å²) in [7, 11) is 0. The molecule has 0 unspecified atom stereocenters. The summed E-state index contributed by atoms with van der Waals surface area (Å²) < 4.78 is 24.8. The van der Waals surface area contributed by atoms with E-state index in [1.54, 1.807) is 6.92 Å². The number of hydrogen-bond donors (Lipinski definition) is 0. The maximum absolute atomic E-state index is 12.4. The highest BCUT2D eigenvalue weighted by atomic mass is 19.3. The van der Waals surface area contributed by atoms with Crippen molar-refractivity contribution < 1.29 is 13.6 Å². The number of rotatable bonds is 1. The molecule has 2 nitrogen and oxygen atoms in total. The van der Waals surface area contributed by atoms with Gasteiger partial charge in [-0.1, -0.05) is 0 Å². The van der Waals surface area contributed by atoms with Gasteiger partial charge in [-0.05, 0) is 6.92 Å². The molecule has 1 rings (SSSR count). The molecule has 58 valence electrons. The van der Waals surface area contributed by atoms with Crippen LogP contribution < -0.4 is 0 Å². The van der Waals surface area contributed by atoms with Gasteiger partial charge in [0.15, 0.2) is 0 Å². The van der Waals surface area contributed by atoms with Crippen molar-refractivity contribution in [2.24, 2.45) is 0 Å². The Bertz CT molecular complexity index is 158. The first kappa shape index (κ1) is 7.44. The van der Waals surface area contributed by atoms with Gasteiger partial charge in [0.2, 0.25) is 0 Å². The number of carbonyl (C=O) groups excluding carboxylic acids is 1. The first-order chi connectivity index (χ1) is 4.58. The average molecular weight is 149 g/mol. The average Bonchev–Trinajstić information content (AvgIpc) is 2.10. The van der Waals surface area contributed by atoms with Crippen molar-refractivity contribution in [2.45, 2.75) is 19.3 Å². The number of alkyl halides is 2. The minimum Gasteiger partial charge on any atom is -0.338 e. The van der Waals surface area contributed by atoms with Crippen molar-refractivity contribution in [1.82, 2.24) is 4.90 Å². The van der Waals surface area contributed by atoms with Crippen LogP contribution in [0.4, 0.5) is 8.78 Å². The van der Waals surface area contributed by atoms with E-state index in [1.807, 2.05) is 0 Å². The summed E-state index contributed by atoms with van der Waals surface area (Å²) >= 11 is 0. The molecule has 0 N–H and O–H groups in total. The Morgan fingerprint density at radius 2 is 2.30 bits per heavy atom. The largest absolute Gasteiger partial charge is 0.338 e. The van der Waals surface area contributed by atoms with Gasteiger partial charge in [0.05, 0.1) is 0 Å². The van der Waals surface area contributed by atoms with Crippen LogP contribution >= 0.6 is 0 Å². The second-order valence-corrected chi connectivity index (χ2v) is 2.34. The Kier molecular flexibility index (Phi) is 1.62. The lowest BCUT2D eigenvalue weighted by molar-refractivity contribution is -0.147. The zero-order valence-electron chi connectivity index (χ0n) is 5.73. The fraction of sp³-hybridized carbons (Fsp3) is 0.833. The summed E-state index contributed by atoms with van der Waals surface area (Å²) in [5.41, 5.74) is 0. The number of amides is 1. The molecule has 0 aromatic rings. The summed E-state index contributed by atoms with van der Waals surface area (Å²) in [5, 5.41) is 0. The monoisotopic (exact) mass is 149 g/mol. The predicted molar refractivity (Wildman–Crippen MR) is 31.8 cm³/mol. The third kappa shape index (κ3) is 0.978. The minimum atomic E-state index is -3.09. The van der Waals surface area contributed by atoms with Crippen LogP contribution in [-0.4, -0.2) is 29.8 Å². The molecule has 0 radical (unpaired) electrons. The van der Waals surface area contributed by atoms with Crippen molar-refractivity contribution >= 4 is 5.91 Å². The minimum absolute atomic E-state index is 0.197. The number of halogens is 2. The molecule has 4 heteroatoms. The topological polar surface area (TPSA) is 20.3 Å². The molecule has 0 saturated carbocycles. The molecule has 0 aromatic carbocycles. The molecule has 0 atom stereocenters. The SMILES string of the molecule is CCN1CCC(F)(F)C1=O. The fourth-order valence-corrected chi connectivity index (χ4v) is 1.02. The van der Waals surface area contributed by atoms with Crippen LogP contribution in [0.2, 0.25) is 0 Å². The summed E-state index contributed by atoms with van der Waals surface area (Å²) in [4.78, 5) is 11.8. The van der Waals surface area contributed by atoms with Crippen molar-refractivity contribution in [3.05, 3.63) is 0 Å².